The van der Waals surface area contributed by atoms with Gasteiger partial charge in [-0.3, -0.25) is 14.5 Å². The van der Waals surface area contributed by atoms with Crippen LogP contribution in [0.3, 0.4) is 0 Å². The smallest absolute Gasteiger partial charge is 0.233 e. The van der Waals surface area contributed by atoms with Crippen molar-refractivity contribution in [1.82, 2.24) is 4.90 Å². The van der Waals surface area contributed by atoms with E-state index in [2.05, 4.69) is 13.2 Å². The molecule has 0 N–H and O–H groups in total. The van der Waals surface area contributed by atoms with Gasteiger partial charge in [0.05, 0.1) is 11.8 Å². The average Bonchev–Trinajstić information content (AvgIpc) is 2.53. The summed E-state index contributed by atoms with van der Waals surface area (Å²) in [7, 11) is 1.56. The van der Waals surface area contributed by atoms with Gasteiger partial charge in [0, 0.05) is 7.05 Å². The van der Waals surface area contributed by atoms with E-state index in [0.29, 0.717) is 12.8 Å². The molecule has 1 fully saturated rings. The van der Waals surface area contributed by atoms with Gasteiger partial charge in [0.25, 0.3) is 0 Å². The molecule has 1 aliphatic heterocycles. The molecule has 2 amide bonds. The molecule has 1 saturated heterocycles. The van der Waals surface area contributed by atoms with Gasteiger partial charge in [0.2, 0.25) is 11.8 Å². The molecule has 3 nitrogen and oxygen atoms in total. The van der Waals surface area contributed by atoms with E-state index in [1.807, 2.05) is 6.08 Å². The topological polar surface area (TPSA) is 37.4 Å². The molecule has 2 aliphatic rings. The van der Waals surface area contributed by atoms with Crippen LogP contribution in [0.15, 0.2) is 36.5 Å². The molecule has 0 bridgehead atoms. The number of carbonyl (C=O) groups is 2. The Balaban J connectivity index is 2.26. The predicted molar refractivity (Wildman–Crippen MR) is 61.4 cm³/mol. The van der Waals surface area contributed by atoms with Crippen molar-refractivity contribution in [3.63, 3.8) is 0 Å². The Hall–Kier alpha value is -1.64. The van der Waals surface area contributed by atoms with Crippen molar-refractivity contribution < 1.29 is 9.59 Å². The maximum atomic E-state index is 11.8. The molecular formula is C13H15NO2. The van der Waals surface area contributed by atoms with Gasteiger partial charge in [-0.05, 0) is 24.0 Å². The molecular weight excluding hydrogens is 202 g/mol. The van der Waals surface area contributed by atoms with E-state index >= 15 is 0 Å². The molecule has 0 spiro atoms. The van der Waals surface area contributed by atoms with Gasteiger partial charge in [-0.15, -0.1) is 0 Å². The van der Waals surface area contributed by atoms with Gasteiger partial charge in [-0.1, -0.05) is 25.3 Å². The molecule has 0 aromatic carbocycles. The average molecular weight is 217 g/mol. The van der Waals surface area contributed by atoms with Crippen LogP contribution < -0.4 is 0 Å². The summed E-state index contributed by atoms with van der Waals surface area (Å²) in [5.74, 6) is -0.444. The summed E-state index contributed by atoms with van der Waals surface area (Å²) in [6, 6.07) is 0. The lowest BCUT2D eigenvalue weighted by molar-refractivity contribution is -0.138. The van der Waals surface area contributed by atoms with Crippen molar-refractivity contribution in [2.45, 2.75) is 12.8 Å². The summed E-state index contributed by atoms with van der Waals surface area (Å²) >= 11 is 0. The van der Waals surface area contributed by atoms with Gasteiger partial charge < -0.3 is 0 Å². The van der Waals surface area contributed by atoms with E-state index in [1.54, 1.807) is 13.1 Å². The molecule has 0 radical (unpaired) electrons. The minimum atomic E-state index is -0.186. The Labute approximate surface area is 95.1 Å². The van der Waals surface area contributed by atoms with E-state index in [4.69, 9.17) is 0 Å². The third-order valence-electron chi connectivity index (χ3n) is 3.50. The summed E-state index contributed by atoms with van der Waals surface area (Å²) in [5, 5.41) is 0. The lowest BCUT2D eigenvalue weighted by Crippen LogP contribution is -2.26. The maximum absolute atomic E-state index is 11.8. The Morgan fingerprint density at radius 2 is 2.06 bits per heavy atom. The Morgan fingerprint density at radius 3 is 2.69 bits per heavy atom. The summed E-state index contributed by atoms with van der Waals surface area (Å²) in [6.07, 6.45) is 4.96. The van der Waals surface area contributed by atoms with Gasteiger partial charge >= 0.3 is 0 Å². The standard InChI is InChI=1S/C13H15NO2/c1-4-8(2)9-5-6-10-11(7-9)13(16)14(3)12(10)15/h4-5,10-11H,1-2,6-7H2,3H3/t10-,11+/m1/s1. The monoisotopic (exact) mass is 217 g/mol. The lowest BCUT2D eigenvalue weighted by Gasteiger charge is -2.21. The van der Waals surface area contributed by atoms with Gasteiger partial charge in [0.15, 0.2) is 0 Å². The molecule has 84 valence electrons. The number of fused-ring (bicyclic) bond motifs is 1. The second-order valence-corrected chi connectivity index (χ2v) is 4.35. The first-order valence-corrected chi connectivity index (χ1v) is 5.38. The number of allylic oxidation sites excluding steroid dienone is 4. The van der Waals surface area contributed by atoms with Crippen molar-refractivity contribution in [3.05, 3.63) is 36.5 Å². The summed E-state index contributed by atoms with van der Waals surface area (Å²) in [6.45, 7) is 7.55. The van der Waals surface area contributed by atoms with E-state index in [0.717, 1.165) is 11.1 Å². The molecule has 1 aliphatic carbocycles. The first-order valence-electron chi connectivity index (χ1n) is 5.38. The SMILES string of the molecule is C=CC(=C)C1=CC[C@H]2C(=O)N(C)C(=O)[C@H]2C1. The number of carbonyl (C=O) groups excluding carboxylic acids is 2. The number of hydrogen-bond acceptors (Lipinski definition) is 2. The minimum absolute atomic E-state index is 0.0467. The molecule has 3 heteroatoms. The zero-order valence-corrected chi connectivity index (χ0v) is 9.40. The number of likely N-dealkylation sites (tertiary alicyclic amines) is 1. The summed E-state index contributed by atoms with van der Waals surface area (Å²) in [5.41, 5.74) is 1.90. The fourth-order valence-corrected chi connectivity index (χ4v) is 2.43. The molecule has 2 rings (SSSR count). The van der Waals surface area contributed by atoms with Crippen molar-refractivity contribution in [2.24, 2.45) is 11.8 Å². The van der Waals surface area contributed by atoms with Gasteiger partial charge in [-0.25, -0.2) is 0 Å². The molecule has 0 aromatic heterocycles. The molecule has 16 heavy (non-hydrogen) atoms. The molecule has 0 unspecified atom stereocenters. The van der Waals surface area contributed by atoms with Crippen LogP contribution in [-0.2, 0) is 9.59 Å². The maximum Gasteiger partial charge on any atom is 0.233 e. The fourth-order valence-electron chi connectivity index (χ4n) is 2.43. The van der Waals surface area contributed by atoms with Crippen molar-refractivity contribution in [1.29, 1.82) is 0 Å². The second-order valence-electron chi connectivity index (χ2n) is 4.35. The van der Waals surface area contributed by atoms with E-state index in [1.165, 1.54) is 4.90 Å². The van der Waals surface area contributed by atoms with E-state index in [9.17, 15) is 9.59 Å². The second kappa shape index (κ2) is 3.74. The van der Waals surface area contributed by atoms with Crippen LogP contribution >= 0.6 is 0 Å². The van der Waals surface area contributed by atoms with Gasteiger partial charge in [0.1, 0.15) is 0 Å². The van der Waals surface area contributed by atoms with Crippen molar-refractivity contribution in [3.8, 4) is 0 Å². The highest BCUT2D eigenvalue weighted by molar-refractivity contribution is 6.05. The van der Waals surface area contributed by atoms with Crippen LogP contribution in [0, 0.1) is 11.8 Å². The third kappa shape index (κ3) is 1.43. The Bertz CT molecular complexity index is 420. The number of hydrogen-bond donors (Lipinski definition) is 0. The Kier molecular flexibility index (Phi) is 2.54. The molecule has 0 saturated carbocycles. The molecule has 0 aromatic rings. The minimum Gasteiger partial charge on any atom is -0.285 e. The summed E-state index contributed by atoms with van der Waals surface area (Å²) < 4.78 is 0. The molecule has 1 heterocycles. The van der Waals surface area contributed by atoms with Crippen LogP contribution in [0.5, 0.6) is 0 Å². The Morgan fingerprint density at radius 1 is 1.44 bits per heavy atom. The van der Waals surface area contributed by atoms with Crippen LogP contribution in [0.4, 0.5) is 0 Å². The van der Waals surface area contributed by atoms with E-state index in [-0.39, 0.29) is 23.7 Å². The zero-order chi connectivity index (χ0) is 11.9. The van der Waals surface area contributed by atoms with Crippen LogP contribution in [-0.4, -0.2) is 23.8 Å². The number of nitrogens with zero attached hydrogens (tertiary/aromatic N) is 1. The number of imide groups is 1. The van der Waals surface area contributed by atoms with Crippen LogP contribution in [0.25, 0.3) is 0 Å². The highest BCUT2D eigenvalue weighted by Gasteiger charge is 2.46. The zero-order valence-electron chi connectivity index (χ0n) is 9.40. The van der Waals surface area contributed by atoms with Crippen LogP contribution in [0.2, 0.25) is 0 Å². The van der Waals surface area contributed by atoms with E-state index < -0.39 is 0 Å². The predicted octanol–water partition coefficient (Wildman–Crippen LogP) is 1.68. The third-order valence-corrected chi connectivity index (χ3v) is 3.50. The highest BCUT2D eigenvalue weighted by Crippen LogP contribution is 2.38. The largest absolute Gasteiger partial charge is 0.285 e. The first-order chi connectivity index (χ1) is 7.56. The van der Waals surface area contributed by atoms with Crippen LogP contribution in [0.1, 0.15) is 12.8 Å². The first kappa shape index (κ1) is 10.9. The number of rotatable bonds is 2. The quantitative estimate of drug-likeness (QED) is 0.521. The highest BCUT2D eigenvalue weighted by atomic mass is 16.2. The summed E-state index contributed by atoms with van der Waals surface area (Å²) in [4.78, 5) is 24.8. The van der Waals surface area contributed by atoms with Crippen molar-refractivity contribution >= 4 is 11.8 Å². The lowest BCUT2D eigenvalue weighted by atomic mass is 9.79. The normalized spacial score (nSPS) is 28.8. The number of amides is 2. The van der Waals surface area contributed by atoms with Crippen molar-refractivity contribution in [2.75, 3.05) is 7.05 Å². The van der Waals surface area contributed by atoms with Gasteiger partial charge in [-0.2, -0.15) is 0 Å². The fraction of sp³-hybridized carbons (Fsp3) is 0.385. The molecule has 2 atom stereocenters.